The van der Waals surface area contributed by atoms with Gasteiger partial charge >= 0.3 is 0 Å². The van der Waals surface area contributed by atoms with Crippen molar-refractivity contribution in [2.45, 2.75) is 45.6 Å². The Kier molecular flexibility index (Phi) is 3.22. The fraction of sp³-hybridized carbons (Fsp3) is 0.692. The summed E-state index contributed by atoms with van der Waals surface area (Å²) in [5.41, 5.74) is 7.05. The molecule has 1 unspecified atom stereocenters. The highest BCUT2D eigenvalue weighted by atomic mass is 15.2. The van der Waals surface area contributed by atoms with Crippen LogP contribution in [0.2, 0.25) is 0 Å². The lowest BCUT2D eigenvalue weighted by atomic mass is 10.0. The zero-order chi connectivity index (χ0) is 12.6. The van der Waals surface area contributed by atoms with Crippen molar-refractivity contribution in [3.8, 4) is 0 Å². The average molecular weight is 234 g/mol. The minimum absolute atomic E-state index is 0.347. The van der Waals surface area contributed by atoms with Gasteiger partial charge in [-0.3, -0.25) is 0 Å². The Morgan fingerprint density at radius 1 is 1.29 bits per heavy atom. The van der Waals surface area contributed by atoms with Crippen molar-refractivity contribution < 1.29 is 0 Å². The molecule has 0 saturated heterocycles. The molecule has 1 saturated carbocycles. The Bertz CT molecular complexity index is 398. The largest absolute Gasteiger partial charge is 0.383 e. The molecule has 1 aliphatic carbocycles. The molecule has 1 aliphatic rings. The van der Waals surface area contributed by atoms with Crippen LogP contribution in [0.4, 0.5) is 11.6 Å². The maximum Gasteiger partial charge on any atom is 0.137 e. The molecule has 4 nitrogen and oxygen atoms in total. The first kappa shape index (κ1) is 12.1. The van der Waals surface area contributed by atoms with Gasteiger partial charge in [-0.15, -0.1) is 0 Å². The van der Waals surface area contributed by atoms with Crippen LogP contribution in [0.15, 0.2) is 6.33 Å². The summed E-state index contributed by atoms with van der Waals surface area (Å²) in [7, 11) is 2.11. The normalized spacial score (nSPS) is 17.2. The van der Waals surface area contributed by atoms with Gasteiger partial charge in [0, 0.05) is 18.7 Å². The van der Waals surface area contributed by atoms with Crippen LogP contribution in [0.1, 0.15) is 45.1 Å². The quantitative estimate of drug-likeness (QED) is 0.869. The second kappa shape index (κ2) is 4.51. The van der Waals surface area contributed by atoms with Crippen LogP contribution in [0, 0.1) is 5.92 Å². The molecule has 0 amide bonds. The van der Waals surface area contributed by atoms with E-state index in [1.807, 2.05) is 0 Å². The third-order valence-corrected chi connectivity index (χ3v) is 3.72. The predicted octanol–water partition coefficient (Wildman–Crippen LogP) is 2.42. The summed E-state index contributed by atoms with van der Waals surface area (Å²) in [6.45, 7) is 6.53. The van der Waals surface area contributed by atoms with Gasteiger partial charge in [0.05, 0.1) is 0 Å². The van der Waals surface area contributed by atoms with Crippen molar-refractivity contribution >= 4 is 11.6 Å². The van der Waals surface area contributed by atoms with Gasteiger partial charge in [0.15, 0.2) is 0 Å². The van der Waals surface area contributed by atoms with Crippen molar-refractivity contribution in [2.75, 3.05) is 17.7 Å². The molecular formula is C13H22N4. The van der Waals surface area contributed by atoms with Crippen LogP contribution in [0.5, 0.6) is 0 Å². The number of nitrogen functional groups attached to an aromatic ring is 1. The minimum Gasteiger partial charge on any atom is -0.383 e. The van der Waals surface area contributed by atoms with E-state index in [1.54, 1.807) is 6.33 Å². The van der Waals surface area contributed by atoms with Crippen molar-refractivity contribution in [3.63, 3.8) is 0 Å². The highest BCUT2D eigenvalue weighted by Crippen LogP contribution is 2.38. The third-order valence-electron chi connectivity index (χ3n) is 3.72. The van der Waals surface area contributed by atoms with Crippen LogP contribution < -0.4 is 10.6 Å². The Balaban J connectivity index is 2.33. The van der Waals surface area contributed by atoms with Gasteiger partial charge in [-0.1, -0.05) is 13.8 Å². The molecule has 0 bridgehead atoms. The number of anilines is 2. The van der Waals surface area contributed by atoms with Gasteiger partial charge in [-0.25, -0.2) is 9.97 Å². The number of hydrogen-bond donors (Lipinski definition) is 1. The van der Waals surface area contributed by atoms with Crippen LogP contribution in [0.3, 0.4) is 0 Å². The van der Waals surface area contributed by atoms with Gasteiger partial charge in [0.25, 0.3) is 0 Å². The van der Waals surface area contributed by atoms with Crippen molar-refractivity contribution in [1.29, 1.82) is 0 Å². The molecule has 1 heterocycles. The molecule has 0 spiro atoms. The van der Waals surface area contributed by atoms with Crippen molar-refractivity contribution in [3.05, 3.63) is 11.9 Å². The summed E-state index contributed by atoms with van der Waals surface area (Å²) in [4.78, 5) is 10.8. The SMILES string of the molecule is CC(C)c1c(N)ncnc1N(C)C(C)C1CC1. The summed E-state index contributed by atoms with van der Waals surface area (Å²) >= 11 is 0. The maximum atomic E-state index is 5.97. The number of nitrogens with two attached hydrogens (primary N) is 1. The van der Waals surface area contributed by atoms with Gasteiger partial charge in [-0.05, 0) is 31.6 Å². The molecule has 94 valence electrons. The third kappa shape index (κ3) is 2.35. The summed E-state index contributed by atoms with van der Waals surface area (Å²) < 4.78 is 0. The Morgan fingerprint density at radius 3 is 2.47 bits per heavy atom. The summed E-state index contributed by atoms with van der Waals surface area (Å²) in [6, 6.07) is 0.529. The van der Waals surface area contributed by atoms with Crippen molar-refractivity contribution in [1.82, 2.24) is 9.97 Å². The Morgan fingerprint density at radius 2 is 1.94 bits per heavy atom. The molecule has 2 N–H and O–H groups in total. The second-order valence-corrected chi connectivity index (χ2v) is 5.34. The molecule has 4 heteroatoms. The second-order valence-electron chi connectivity index (χ2n) is 5.34. The van der Waals surface area contributed by atoms with Gasteiger partial charge in [-0.2, -0.15) is 0 Å². The van der Waals surface area contributed by atoms with Crippen LogP contribution >= 0.6 is 0 Å². The monoisotopic (exact) mass is 234 g/mol. The van der Waals surface area contributed by atoms with Crippen LogP contribution in [0.25, 0.3) is 0 Å². The molecule has 1 atom stereocenters. The Labute approximate surface area is 103 Å². The van der Waals surface area contributed by atoms with Crippen molar-refractivity contribution in [2.24, 2.45) is 5.92 Å². The number of hydrogen-bond acceptors (Lipinski definition) is 4. The van der Waals surface area contributed by atoms with Gasteiger partial charge in [0.2, 0.25) is 0 Å². The number of nitrogens with zero attached hydrogens (tertiary/aromatic N) is 3. The standard InChI is InChI=1S/C13H22N4/c1-8(2)11-12(14)15-7-16-13(11)17(4)9(3)10-5-6-10/h7-10H,5-6H2,1-4H3,(H2,14,15,16). The highest BCUT2D eigenvalue weighted by molar-refractivity contribution is 5.58. The van der Waals surface area contributed by atoms with Gasteiger partial charge < -0.3 is 10.6 Å². The van der Waals surface area contributed by atoms with Crippen LogP contribution in [-0.4, -0.2) is 23.1 Å². The van der Waals surface area contributed by atoms with E-state index in [9.17, 15) is 0 Å². The number of aromatic nitrogens is 2. The van der Waals surface area contributed by atoms with Crippen LogP contribution in [-0.2, 0) is 0 Å². The van der Waals surface area contributed by atoms with E-state index in [2.05, 4.69) is 42.7 Å². The first-order valence-electron chi connectivity index (χ1n) is 6.35. The molecule has 1 aromatic heterocycles. The van der Waals surface area contributed by atoms with E-state index in [0.29, 0.717) is 17.8 Å². The molecule has 1 aromatic rings. The molecule has 0 aromatic carbocycles. The maximum absolute atomic E-state index is 5.97. The first-order chi connectivity index (χ1) is 8.02. The van der Waals surface area contributed by atoms with E-state index >= 15 is 0 Å². The molecule has 0 aliphatic heterocycles. The van der Waals surface area contributed by atoms with E-state index in [0.717, 1.165) is 17.3 Å². The van der Waals surface area contributed by atoms with E-state index < -0.39 is 0 Å². The number of rotatable bonds is 4. The molecule has 2 rings (SSSR count). The fourth-order valence-electron chi connectivity index (χ4n) is 2.32. The molecular weight excluding hydrogens is 212 g/mol. The summed E-state index contributed by atoms with van der Waals surface area (Å²) in [5.74, 6) is 2.77. The zero-order valence-electron chi connectivity index (χ0n) is 11.1. The first-order valence-corrected chi connectivity index (χ1v) is 6.35. The van der Waals surface area contributed by atoms with E-state index in [-0.39, 0.29) is 0 Å². The minimum atomic E-state index is 0.347. The lowest BCUT2D eigenvalue weighted by Gasteiger charge is -2.29. The Hall–Kier alpha value is -1.32. The van der Waals surface area contributed by atoms with E-state index in [1.165, 1.54) is 12.8 Å². The summed E-state index contributed by atoms with van der Waals surface area (Å²) in [5, 5.41) is 0. The highest BCUT2D eigenvalue weighted by Gasteiger charge is 2.32. The lowest BCUT2D eigenvalue weighted by molar-refractivity contribution is 0.599. The zero-order valence-corrected chi connectivity index (χ0v) is 11.1. The van der Waals surface area contributed by atoms with Gasteiger partial charge in [0.1, 0.15) is 18.0 Å². The smallest absolute Gasteiger partial charge is 0.137 e. The predicted molar refractivity (Wildman–Crippen MR) is 71.1 cm³/mol. The summed E-state index contributed by atoms with van der Waals surface area (Å²) in [6.07, 6.45) is 4.23. The topological polar surface area (TPSA) is 55.0 Å². The lowest BCUT2D eigenvalue weighted by Crippen LogP contribution is -2.32. The molecule has 17 heavy (non-hydrogen) atoms. The fourth-order valence-corrected chi connectivity index (χ4v) is 2.32. The molecule has 0 radical (unpaired) electrons. The van der Waals surface area contributed by atoms with E-state index in [4.69, 9.17) is 5.73 Å². The average Bonchev–Trinajstić information content (AvgIpc) is 3.10. The molecule has 1 fully saturated rings.